The van der Waals surface area contributed by atoms with E-state index >= 15 is 0 Å². The maximum absolute atomic E-state index is 8.87. The van der Waals surface area contributed by atoms with E-state index in [1.165, 1.54) is 33.0 Å². The van der Waals surface area contributed by atoms with Gasteiger partial charge in [-0.3, -0.25) is 4.99 Å². The summed E-state index contributed by atoms with van der Waals surface area (Å²) in [5.41, 5.74) is 8.30. The van der Waals surface area contributed by atoms with Crippen LogP contribution in [0.5, 0.6) is 11.8 Å². The predicted octanol–water partition coefficient (Wildman–Crippen LogP) is 2.05. The number of aromatic nitrogens is 6. The number of nitrogen functional groups attached to an aromatic ring is 1. The average Bonchev–Trinajstić information content (AvgIpc) is 3.63. The van der Waals surface area contributed by atoms with Gasteiger partial charge in [-0.15, -0.1) is 0 Å². The van der Waals surface area contributed by atoms with Gasteiger partial charge >= 0.3 is 0 Å². The van der Waals surface area contributed by atoms with Crippen molar-refractivity contribution in [2.45, 2.75) is 26.3 Å². The van der Waals surface area contributed by atoms with E-state index in [-0.39, 0.29) is 59.6 Å². The number of anilines is 2. The Labute approximate surface area is 236 Å². The molecule has 0 aliphatic rings. The van der Waals surface area contributed by atoms with Crippen molar-refractivity contribution in [2.24, 2.45) is 4.99 Å². The number of aliphatic imine (C=N–C) groups is 1. The largest absolute Gasteiger partial charge is 0.479 e. The van der Waals surface area contributed by atoms with Crippen molar-refractivity contribution in [1.29, 1.82) is 5.41 Å². The molecule has 0 saturated heterocycles. The molecule has 0 unspecified atom stereocenters. The summed E-state index contributed by atoms with van der Waals surface area (Å²) in [5, 5.41) is 28.0. The third-order valence-corrected chi connectivity index (χ3v) is 5.03. The van der Waals surface area contributed by atoms with Crippen LogP contribution in [0.25, 0.3) is 0 Å². The fraction of sp³-hybridized carbons (Fsp3) is 0.273. The van der Waals surface area contributed by atoms with Gasteiger partial charge in [-0.25, -0.2) is 19.9 Å². The second kappa shape index (κ2) is 14.7. The van der Waals surface area contributed by atoms with Crippen molar-refractivity contribution >= 4 is 47.0 Å². The fourth-order valence-electron chi connectivity index (χ4n) is 2.94. The molecular weight excluding hydrogens is 571 g/mol. The zero-order valence-corrected chi connectivity index (χ0v) is 22.6. The average molecular weight is 595 g/mol. The number of aliphatic hydroxyl groups excluding tert-OH is 2. The minimum absolute atomic E-state index is 0.00472. The molecule has 0 fully saturated rings. The van der Waals surface area contributed by atoms with E-state index in [0.717, 1.165) is 6.21 Å². The third-order valence-electron chi connectivity index (χ3n) is 4.70. The van der Waals surface area contributed by atoms with Crippen molar-refractivity contribution < 1.29 is 28.5 Å². The Bertz CT molecular complexity index is 1460. The summed E-state index contributed by atoms with van der Waals surface area (Å²) in [6, 6.07) is 0. The van der Waals surface area contributed by atoms with Crippen molar-refractivity contribution in [3.63, 3.8) is 0 Å². The van der Waals surface area contributed by atoms with Gasteiger partial charge in [-0.05, 0) is 23.2 Å². The summed E-state index contributed by atoms with van der Waals surface area (Å²) in [6.45, 7) is 0.0348. The first-order valence-electron chi connectivity index (χ1n) is 11.1. The molecule has 16 nitrogen and oxygen atoms in total. The molecule has 0 aromatic carbocycles. The lowest BCUT2D eigenvalue weighted by Gasteiger charge is -2.11. The van der Waals surface area contributed by atoms with Crippen molar-refractivity contribution in [3.05, 3.63) is 57.7 Å². The van der Waals surface area contributed by atoms with Gasteiger partial charge in [-0.1, -0.05) is 0 Å². The molecule has 4 rings (SSSR count). The molecule has 40 heavy (non-hydrogen) atoms. The number of hydrogen-bond donors (Lipinski definition) is 5. The van der Waals surface area contributed by atoms with Crippen LogP contribution in [-0.4, -0.2) is 66.8 Å². The lowest BCUT2D eigenvalue weighted by Crippen LogP contribution is -2.08. The summed E-state index contributed by atoms with van der Waals surface area (Å²) in [7, 11) is 2.87. The minimum Gasteiger partial charge on any atom is -0.479 e. The van der Waals surface area contributed by atoms with E-state index in [2.05, 4.69) is 40.2 Å². The van der Waals surface area contributed by atoms with Gasteiger partial charge in [0, 0.05) is 12.4 Å². The van der Waals surface area contributed by atoms with Crippen LogP contribution < -0.4 is 20.5 Å². The number of halogens is 2. The fourth-order valence-corrected chi connectivity index (χ4v) is 3.28. The summed E-state index contributed by atoms with van der Waals surface area (Å²) >= 11 is 11.5. The number of aliphatic hydroxyl groups is 2. The Balaban J connectivity index is 0.000000220. The molecule has 0 saturated carbocycles. The molecule has 4 aromatic rings. The highest BCUT2D eigenvalue weighted by atomic mass is 35.5. The number of ether oxygens (including phenoxy) is 2. The highest BCUT2D eigenvalue weighted by molar-refractivity contribution is 6.28. The monoisotopic (exact) mass is 594 g/mol. The second-order valence-corrected chi connectivity index (χ2v) is 7.99. The number of nitrogens with two attached hydrogens (primary N) is 1. The molecule has 18 heteroatoms. The first kappa shape index (κ1) is 30.2. The number of rotatable bonds is 11. The van der Waals surface area contributed by atoms with E-state index in [0.29, 0.717) is 35.0 Å². The third kappa shape index (κ3) is 8.06. The maximum Gasteiger partial charge on any atom is 0.242 e. The topological polar surface area (TPSA) is 237 Å². The molecule has 4 aromatic heterocycles. The Morgan fingerprint density at radius 3 is 2.08 bits per heavy atom. The van der Waals surface area contributed by atoms with Crippen molar-refractivity contribution in [2.75, 3.05) is 25.3 Å². The van der Waals surface area contributed by atoms with E-state index in [1.807, 2.05) is 0 Å². The van der Waals surface area contributed by atoms with Gasteiger partial charge in [0.1, 0.15) is 54.2 Å². The second-order valence-electron chi connectivity index (χ2n) is 7.31. The van der Waals surface area contributed by atoms with E-state index < -0.39 is 0 Å². The SMILES string of the molecule is COc1nc(Cl)nc(C=N)c1NCc1coc(CO)n1.COc1nc(Cl)nc(C=NCc2coc(CO)n2)c1N. The van der Waals surface area contributed by atoms with Crippen molar-refractivity contribution in [1.82, 2.24) is 29.9 Å². The molecule has 0 spiro atoms. The summed E-state index contributed by atoms with van der Waals surface area (Å²) < 4.78 is 20.0. The van der Waals surface area contributed by atoms with Crippen LogP contribution in [0.2, 0.25) is 10.6 Å². The molecule has 6 N–H and O–H groups in total. The standard InChI is InChI=1S/2C11H12ClN5O3/c1-19-10-9(7(2-13)16-11(12)17-10)14-3-6-5-20-8(4-18)15-6;1-19-10-9(13)7(16-11(12)17-10)3-14-2-6-5-20-8(4-18)15-6/h2,5,13-14,18H,3-4H2,1H3;3,5,18H,2,4,13H2,1H3. The van der Waals surface area contributed by atoms with Gasteiger partial charge in [-0.2, -0.15) is 9.97 Å². The van der Waals surface area contributed by atoms with Crippen LogP contribution in [-0.2, 0) is 26.3 Å². The Kier molecular flexibility index (Phi) is 11.1. The molecular formula is C22H24Cl2N10O6. The first-order chi connectivity index (χ1) is 19.3. The Morgan fingerprint density at radius 2 is 1.50 bits per heavy atom. The molecule has 212 valence electrons. The minimum atomic E-state index is -0.265. The quantitative estimate of drug-likeness (QED) is 0.123. The predicted molar refractivity (Wildman–Crippen MR) is 143 cm³/mol. The molecule has 4 heterocycles. The molecule has 0 aliphatic carbocycles. The van der Waals surface area contributed by atoms with E-state index in [9.17, 15) is 0 Å². The first-order valence-corrected chi connectivity index (χ1v) is 11.9. The molecule has 0 bridgehead atoms. The summed E-state index contributed by atoms with van der Waals surface area (Å²) in [6.07, 6.45) is 5.32. The number of oxazole rings is 2. The lowest BCUT2D eigenvalue weighted by atomic mass is 10.3. The zero-order chi connectivity index (χ0) is 29.1. The van der Waals surface area contributed by atoms with Crippen LogP contribution >= 0.6 is 23.2 Å². The van der Waals surface area contributed by atoms with Crippen LogP contribution in [0.3, 0.4) is 0 Å². The molecule has 0 aliphatic heterocycles. The summed E-state index contributed by atoms with van der Waals surface area (Å²) in [4.78, 5) is 27.7. The smallest absolute Gasteiger partial charge is 0.242 e. The van der Waals surface area contributed by atoms with Gasteiger partial charge in [0.2, 0.25) is 34.1 Å². The van der Waals surface area contributed by atoms with Gasteiger partial charge < -0.3 is 45.0 Å². The normalized spacial score (nSPS) is 10.8. The Hall–Kier alpha value is -4.38. The van der Waals surface area contributed by atoms with Crippen LogP contribution in [0.1, 0.15) is 34.6 Å². The molecule has 0 amide bonds. The highest BCUT2D eigenvalue weighted by Crippen LogP contribution is 2.26. The van der Waals surface area contributed by atoms with Crippen molar-refractivity contribution in [3.8, 4) is 11.8 Å². The number of hydrogen-bond acceptors (Lipinski definition) is 16. The lowest BCUT2D eigenvalue weighted by molar-refractivity contribution is 0.240. The molecule has 0 radical (unpaired) electrons. The van der Waals surface area contributed by atoms with Crippen LogP contribution in [0.15, 0.2) is 26.4 Å². The van der Waals surface area contributed by atoms with Gasteiger partial charge in [0.05, 0.1) is 33.0 Å². The van der Waals surface area contributed by atoms with E-state index in [1.54, 1.807) is 0 Å². The van der Waals surface area contributed by atoms with E-state index in [4.69, 9.17) is 62.9 Å². The van der Waals surface area contributed by atoms with Gasteiger partial charge in [0.15, 0.2) is 0 Å². The van der Waals surface area contributed by atoms with Crippen LogP contribution in [0.4, 0.5) is 11.4 Å². The number of methoxy groups -OCH3 is 2. The zero-order valence-electron chi connectivity index (χ0n) is 21.1. The van der Waals surface area contributed by atoms with Crippen LogP contribution in [0, 0.1) is 5.41 Å². The number of nitrogens with zero attached hydrogens (tertiary/aromatic N) is 7. The molecule has 0 atom stereocenters. The highest BCUT2D eigenvalue weighted by Gasteiger charge is 2.14. The number of nitrogens with one attached hydrogen (secondary N) is 2. The van der Waals surface area contributed by atoms with Gasteiger partial charge in [0.25, 0.3) is 0 Å². The summed E-state index contributed by atoms with van der Waals surface area (Å²) in [5.74, 6) is 0.889. The maximum atomic E-state index is 8.87. The Morgan fingerprint density at radius 1 is 0.925 bits per heavy atom.